The molecule has 3 saturated carbocycles. The molecule has 10 atom stereocenters. The summed E-state index contributed by atoms with van der Waals surface area (Å²) >= 11 is 0. The first-order chi connectivity index (χ1) is 14.4. The van der Waals surface area contributed by atoms with Crippen molar-refractivity contribution in [1.82, 2.24) is 0 Å². The average molecular weight is 429 g/mol. The summed E-state index contributed by atoms with van der Waals surface area (Å²) in [5, 5.41) is 32.9. The van der Waals surface area contributed by atoms with Gasteiger partial charge in [-0.05, 0) is 80.5 Å². The molecule has 0 unspecified atom stereocenters. The molecule has 4 rings (SSSR count). The van der Waals surface area contributed by atoms with Gasteiger partial charge < -0.3 is 15.3 Å². The Bertz CT molecular complexity index is 783. The van der Waals surface area contributed by atoms with Gasteiger partial charge in [0.1, 0.15) is 11.7 Å². The van der Waals surface area contributed by atoms with Gasteiger partial charge in [0.05, 0.1) is 6.10 Å². The number of fused-ring (bicyclic) bond motifs is 5. The van der Waals surface area contributed by atoms with Crippen LogP contribution in [-0.2, 0) is 0 Å². The molecule has 0 saturated heterocycles. The van der Waals surface area contributed by atoms with Crippen molar-refractivity contribution in [3.8, 4) is 0 Å². The van der Waals surface area contributed by atoms with Crippen LogP contribution in [0.2, 0.25) is 0 Å². The van der Waals surface area contributed by atoms with Gasteiger partial charge in [-0.2, -0.15) is 0 Å². The Morgan fingerprint density at radius 2 is 1.77 bits per heavy atom. The summed E-state index contributed by atoms with van der Waals surface area (Å²) in [6.45, 7) is 15.4. The molecular formula is C28H44O3. The Hall–Kier alpha value is -0.900. The molecule has 0 heterocycles. The van der Waals surface area contributed by atoms with Gasteiger partial charge in [-0.25, -0.2) is 0 Å². The molecule has 3 fully saturated rings. The van der Waals surface area contributed by atoms with Gasteiger partial charge in [0.2, 0.25) is 0 Å². The Kier molecular flexibility index (Phi) is 5.89. The molecule has 0 aromatic carbocycles. The van der Waals surface area contributed by atoms with E-state index in [1.54, 1.807) is 0 Å². The van der Waals surface area contributed by atoms with Crippen LogP contribution in [0.4, 0.5) is 0 Å². The van der Waals surface area contributed by atoms with Crippen molar-refractivity contribution in [2.75, 3.05) is 0 Å². The predicted octanol–water partition coefficient (Wildman–Crippen LogP) is 5.42. The molecule has 0 spiro atoms. The number of hydrogen-bond acceptors (Lipinski definition) is 3. The van der Waals surface area contributed by atoms with Gasteiger partial charge in [-0.15, -0.1) is 0 Å². The van der Waals surface area contributed by atoms with Crippen LogP contribution in [0.1, 0.15) is 79.6 Å². The molecule has 3 heteroatoms. The maximum Gasteiger partial charge on any atom is 0.102 e. The number of aliphatic hydroxyl groups excluding tert-OH is 2. The topological polar surface area (TPSA) is 60.7 Å². The van der Waals surface area contributed by atoms with Crippen molar-refractivity contribution in [3.63, 3.8) is 0 Å². The number of allylic oxidation sites excluding steroid dienone is 4. The number of aliphatic hydroxyl groups is 3. The van der Waals surface area contributed by atoms with Crippen LogP contribution in [0.15, 0.2) is 36.0 Å². The predicted molar refractivity (Wildman–Crippen MR) is 126 cm³/mol. The van der Waals surface area contributed by atoms with Crippen LogP contribution in [-0.4, -0.2) is 33.1 Å². The van der Waals surface area contributed by atoms with E-state index in [1.807, 2.05) is 6.08 Å². The minimum atomic E-state index is -1.21. The Morgan fingerprint density at radius 1 is 1.06 bits per heavy atom. The monoisotopic (exact) mass is 428 g/mol. The largest absolute Gasteiger partial charge is 0.393 e. The molecule has 4 aliphatic carbocycles. The normalized spacial score (nSPS) is 49.0. The highest BCUT2D eigenvalue weighted by Crippen LogP contribution is 2.67. The van der Waals surface area contributed by atoms with Crippen molar-refractivity contribution >= 4 is 0 Å². The molecule has 0 radical (unpaired) electrons. The third-order valence-electron chi connectivity index (χ3n) is 10.4. The van der Waals surface area contributed by atoms with Crippen molar-refractivity contribution in [2.24, 2.45) is 40.4 Å². The van der Waals surface area contributed by atoms with E-state index in [0.717, 1.165) is 19.3 Å². The van der Waals surface area contributed by atoms with Gasteiger partial charge in [-0.1, -0.05) is 63.6 Å². The SMILES string of the molecule is C=C(C)[C@H](C)/C=C/[C@@H](C)[C@H]1CC[C@H]2C3=C[C@@H](O)[C@@]4(O)C[C@@H](O)CC[C@]4(C)[C@H]3CC[C@]12C. The van der Waals surface area contributed by atoms with Gasteiger partial charge in [0.15, 0.2) is 0 Å². The van der Waals surface area contributed by atoms with E-state index in [2.05, 4.69) is 53.3 Å². The van der Waals surface area contributed by atoms with E-state index in [1.165, 1.54) is 30.4 Å². The lowest BCUT2D eigenvalue weighted by atomic mass is 9.45. The van der Waals surface area contributed by atoms with E-state index in [4.69, 9.17) is 0 Å². The first kappa shape index (κ1) is 23.3. The summed E-state index contributed by atoms with van der Waals surface area (Å²) in [6, 6.07) is 0. The second kappa shape index (κ2) is 7.85. The van der Waals surface area contributed by atoms with Crippen LogP contribution < -0.4 is 0 Å². The Labute approximate surface area is 189 Å². The summed E-state index contributed by atoms with van der Waals surface area (Å²) in [4.78, 5) is 0. The first-order valence-electron chi connectivity index (χ1n) is 12.6. The van der Waals surface area contributed by atoms with E-state index >= 15 is 0 Å². The van der Waals surface area contributed by atoms with E-state index in [-0.39, 0.29) is 17.3 Å². The fourth-order valence-electron chi connectivity index (χ4n) is 8.09. The molecule has 31 heavy (non-hydrogen) atoms. The smallest absolute Gasteiger partial charge is 0.102 e. The lowest BCUT2D eigenvalue weighted by molar-refractivity contribution is -0.210. The fourth-order valence-corrected chi connectivity index (χ4v) is 8.09. The Balaban J connectivity index is 1.62. The zero-order chi connectivity index (χ0) is 22.8. The lowest BCUT2D eigenvalue weighted by Crippen LogP contribution is -2.65. The molecular weight excluding hydrogens is 384 g/mol. The van der Waals surface area contributed by atoms with Crippen molar-refractivity contribution in [3.05, 3.63) is 36.0 Å². The number of rotatable bonds is 4. The molecule has 174 valence electrons. The highest BCUT2D eigenvalue weighted by Gasteiger charge is 2.64. The molecule has 0 aromatic rings. The van der Waals surface area contributed by atoms with Crippen LogP contribution in [0, 0.1) is 40.4 Å². The molecule has 3 nitrogen and oxygen atoms in total. The molecule has 0 aromatic heterocycles. The third-order valence-corrected chi connectivity index (χ3v) is 10.4. The molecule has 0 aliphatic heterocycles. The van der Waals surface area contributed by atoms with Gasteiger partial charge in [-0.3, -0.25) is 0 Å². The zero-order valence-corrected chi connectivity index (χ0v) is 20.3. The van der Waals surface area contributed by atoms with E-state index < -0.39 is 17.8 Å². The van der Waals surface area contributed by atoms with Crippen LogP contribution in [0.5, 0.6) is 0 Å². The van der Waals surface area contributed by atoms with Crippen molar-refractivity contribution in [2.45, 2.75) is 97.4 Å². The summed E-state index contributed by atoms with van der Waals surface area (Å²) in [5.74, 6) is 2.40. The molecule has 4 aliphatic rings. The quantitative estimate of drug-likeness (QED) is 0.524. The summed E-state index contributed by atoms with van der Waals surface area (Å²) in [7, 11) is 0. The molecule has 0 bridgehead atoms. The highest BCUT2D eigenvalue weighted by molar-refractivity contribution is 5.33. The maximum atomic E-state index is 11.6. The molecule has 3 N–H and O–H groups in total. The van der Waals surface area contributed by atoms with Crippen LogP contribution >= 0.6 is 0 Å². The van der Waals surface area contributed by atoms with E-state index in [9.17, 15) is 15.3 Å². The van der Waals surface area contributed by atoms with E-state index in [0.29, 0.717) is 29.6 Å². The third kappa shape index (κ3) is 3.42. The van der Waals surface area contributed by atoms with Crippen LogP contribution in [0.3, 0.4) is 0 Å². The summed E-state index contributed by atoms with van der Waals surface area (Å²) in [6.07, 6.45) is 11.8. The second-order valence-corrected chi connectivity index (χ2v) is 12.1. The van der Waals surface area contributed by atoms with Gasteiger partial charge in [0.25, 0.3) is 0 Å². The van der Waals surface area contributed by atoms with Crippen LogP contribution in [0.25, 0.3) is 0 Å². The van der Waals surface area contributed by atoms with Crippen molar-refractivity contribution < 1.29 is 15.3 Å². The van der Waals surface area contributed by atoms with Gasteiger partial charge in [0, 0.05) is 11.8 Å². The number of hydrogen-bond donors (Lipinski definition) is 3. The standard InChI is InChI=1S/C28H44O3/c1-17(2)18(3)7-8-19(4)22-9-10-23-21-15-25(30)28(31)16-20(29)11-14-27(28,6)24(21)12-13-26(22,23)5/h7-8,15,18-20,22-25,29-31H,1,9-14,16H2,2-6H3/b8-7+/t18-,19-,20+,22-,23+,24+,25-,26-,27-,28+/m1/s1. The fraction of sp³-hybridized carbons (Fsp3) is 0.786. The second-order valence-electron chi connectivity index (χ2n) is 12.1. The highest BCUT2D eigenvalue weighted by atomic mass is 16.3. The summed E-state index contributed by atoms with van der Waals surface area (Å²) < 4.78 is 0. The zero-order valence-electron chi connectivity index (χ0n) is 20.3. The van der Waals surface area contributed by atoms with Crippen molar-refractivity contribution in [1.29, 1.82) is 0 Å². The summed E-state index contributed by atoms with van der Waals surface area (Å²) in [5.41, 5.74) is 1.31. The minimum absolute atomic E-state index is 0.248. The minimum Gasteiger partial charge on any atom is -0.393 e. The maximum absolute atomic E-state index is 11.6. The first-order valence-corrected chi connectivity index (χ1v) is 12.6. The molecule has 0 amide bonds. The van der Waals surface area contributed by atoms with Gasteiger partial charge >= 0.3 is 0 Å². The average Bonchev–Trinajstić information content (AvgIpc) is 3.05. The Morgan fingerprint density at radius 3 is 2.45 bits per heavy atom. The lowest BCUT2D eigenvalue weighted by Gasteiger charge is -2.62.